The number of benzene rings is 9. The first-order valence-electron chi connectivity index (χ1n) is 20.1. The molecule has 0 atom stereocenters. The van der Waals surface area contributed by atoms with Crippen LogP contribution in [0.25, 0.3) is 105 Å². The molecule has 0 saturated heterocycles. The van der Waals surface area contributed by atoms with E-state index in [1.54, 1.807) is 0 Å². The first kappa shape index (κ1) is 33.2. The third-order valence-corrected chi connectivity index (χ3v) is 11.8. The Morgan fingerprint density at radius 2 is 0.610 bits per heavy atom. The second-order valence-electron chi connectivity index (χ2n) is 15.2. The van der Waals surface area contributed by atoms with Crippen LogP contribution in [0, 0.1) is 0 Å². The second-order valence-corrected chi connectivity index (χ2v) is 15.2. The quantitative estimate of drug-likeness (QED) is 0.166. The maximum absolute atomic E-state index is 5.30. The Hall–Kier alpha value is -7.95. The number of imidazole rings is 1. The molecule has 0 aliphatic heterocycles. The molecule has 4 heteroatoms. The number of hydrogen-bond acceptors (Lipinski definition) is 1. The van der Waals surface area contributed by atoms with Crippen LogP contribution in [-0.2, 0) is 0 Å². The van der Waals surface area contributed by atoms with Gasteiger partial charge in [0.1, 0.15) is 5.82 Å². The third-order valence-electron chi connectivity index (χ3n) is 11.8. The average Bonchev–Trinajstić information content (AvgIpc) is 3.98. The summed E-state index contributed by atoms with van der Waals surface area (Å²) in [5, 5.41) is 5.04. The van der Waals surface area contributed by atoms with E-state index in [-0.39, 0.29) is 0 Å². The minimum atomic E-state index is 0.907. The predicted molar refractivity (Wildman–Crippen MR) is 246 cm³/mol. The van der Waals surface area contributed by atoms with Crippen LogP contribution in [-0.4, -0.2) is 18.7 Å². The fourth-order valence-electron chi connectivity index (χ4n) is 9.16. The van der Waals surface area contributed by atoms with E-state index in [0.717, 1.165) is 61.7 Å². The van der Waals surface area contributed by atoms with Crippen molar-refractivity contribution < 1.29 is 0 Å². The molecule has 9 aromatic carbocycles. The molecule has 3 aromatic heterocycles. The van der Waals surface area contributed by atoms with E-state index in [9.17, 15) is 0 Å². The topological polar surface area (TPSA) is 27.7 Å². The SMILES string of the molecule is c1ccc(-n2c(-c3cc(-c4ccc(-n5c6ccccc6c6ccccc65)cc4)cc(-c4ccc(-n5c6ccccc6c6ccccc65)cc4)c3)nc3ccccc32)cc1. The van der Waals surface area contributed by atoms with Gasteiger partial charge in [0.15, 0.2) is 0 Å². The van der Waals surface area contributed by atoms with Gasteiger partial charge in [-0.05, 0) is 113 Å². The Morgan fingerprint density at radius 1 is 0.254 bits per heavy atom. The van der Waals surface area contributed by atoms with Crippen molar-refractivity contribution in [1.82, 2.24) is 18.7 Å². The summed E-state index contributed by atoms with van der Waals surface area (Å²) in [5.41, 5.74) is 15.8. The van der Waals surface area contributed by atoms with Crippen LogP contribution in [0.3, 0.4) is 0 Å². The maximum Gasteiger partial charge on any atom is 0.145 e. The molecule has 4 nitrogen and oxygen atoms in total. The Kier molecular flexibility index (Phi) is 7.50. The first-order valence-corrected chi connectivity index (χ1v) is 20.1. The van der Waals surface area contributed by atoms with Crippen molar-refractivity contribution in [2.24, 2.45) is 0 Å². The van der Waals surface area contributed by atoms with Crippen LogP contribution >= 0.6 is 0 Å². The molecule has 0 aliphatic rings. The second kappa shape index (κ2) is 13.3. The summed E-state index contributed by atoms with van der Waals surface area (Å²) in [4.78, 5) is 5.30. The summed E-state index contributed by atoms with van der Waals surface area (Å²) in [5.74, 6) is 0.907. The lowest BCUT2D eigenvalue weighted by molar-refractivity contribution is 1.10. The van der Waals surface area contributed by atoms with Crippen LogP contribution in [0.1, 0.15) is 0 Å². The molecule has 0 fully saturated rings. The maximum atomic E-state index is 5.30. The molecule has 3 heterocycles. The molecule has 0 saturated carbocycles. The Labute approximate surface area is 341 Å². The number of nitrogens with zero attached hydrogens (tertiary/aromatic N) is 4. The summed E-state index contributed by atoms with van der Waals surface area (Å²) < 4.78 is 7.03. The summed E-state index contributed by atoms with van der Waals surface area (Å²) in [6.07, 6.45) is 0. The normalized spacial score (nSPS) is 11.7. The molecule has 12 rings (SSSR count). The number of fused-ring (bicyclic) bond motifs is 7. The van der Waals surface area contributed by atoms with Crippen molar-refractivity contribution in [2.45, 2.75) is 0 Å². The van der Waals surface area contributed by atoms with Crippen LogP contribution in [0.4, 0.5) is 0 Å². The van der Waals surface area contributed by atoms with E-state index in [2.05, 4.69) is 232 Å². The summed E-state index contributed by atoms with van der Waals surface area (Å²) in [6, 6.07) is 78.6. The van der Waals surface area contributed by atoms with Crippen molar-refractivity contribution in [1.29, 1.82) is 0 Å². The minimum Gasteiger partial charge on any atom is -0.309 e. The van der Waals surface area contributed by atoms with Gasteiger partial charge in [0.05, 0.1) is 33.1 Å². The van der Waals surface area contributed by atoms with Gasteiger partial charge in [-0.3, -0.25) is 4.57 Å². The lowest BCUT2D eigenvalue weighted by Gasteiger charge is -2.15. The van der Waals surface area contributed by atoms with Crippen molar-refractivity contribution in [2.75, 3.05) is 0 Å². The summed E-state index contributed by atoms with van der Waals surface area (Å²) in [7, 11) is 0. The number of hydrogen-bond donors (Lipinski definition) is 0. The minimum absolute atomic E-state index is 0.907. The molecule has 0 radical (unpaired) electrons. The zero-order chi connectivity index (χ0) is 38.9. The van der Waals surface area contributed by atoms with E-state index in [0.29, 0.717) is 0 Å². The van der Waals surface area contributed by atoms with Crippen LogP contribution in [0.5, 0.6) is 0 Å². The van der Waals surface area contributed by atoms with E-state index in [1.807, 2.05) is 0 Å². The fraction of sp³-hybridized carbons (Fsp3) is 0. The molecule has 0 aliphatic carbocycles. The van der Waals surface area contributed by atoms with Gasteiger partial charge in [-0.2, -0.15) is 0 Å². The fourth-order valence-corrected chi connectivity index (χ4v) is 9.16. The molecule has 0 N–H and O–H groups in total. The van der Waals surface area contributed by atoms with E-state index >= 15 is 0 Å². The Morgan fingerprint density at radius 3 is 1.07 bits per heavy atom. The zero-order valence-electron chi connectivity index (χ0n) is 32.1. The number of aromatic nitrogens is 4. The Balaban J connectivity index is 1.03. The predicted octanol–water partition coefficient (Wildman–Crippen LogP) is 14.2. The molecule has 0 unspecified atom stereocenters. The number of para-hydroxylation sites is 7. The highest BCUT2D eigenvalue weighted by Crippen LogP contribution is 2.38. The largest absolute Gasteiger partial charge is 0.309 e. The lowest BCUT2D eigenvalue weighted by Crippen LogP contribution is -1.98. The molecule has 0 bridgehead atoms. The van der Waals surface area contributed by atoms with Crippen LogP contribution in [0.15, 0.2) is 218 Å². The van der Waals surface area contributed by atoms with Gasteiger partial charge in [-0.25, -0.2) is 4.98 Å². The Bertz CT molecular complexity index is 3250. The highest BCUT2D eigenvalue weighted by atomic mass is 15.1. The van der Waals surface area contributed by atoms with E-state index in [4.69, 9.17) is 4.98 Å². The van der Waals surface area contributed by atoms with Gasteiger partial charge in [0.2, 0.25) is 0 Å². The first-order chi connectivity index (χ1) is 29.3. The van der Waals surface area contributed by atoms with Crippen molar-refractivity contribution in [3.8, 4) is 50.7 Å². The van der Waals surface area contributed by atoms with E-state index < -0.39 is 0 Å². The average molecular weight is 753 g/mol. The third kappa shape index (κ3) is 5.34. The molecular formula is C55H36N4. The molecule has 0 amide bonds. The number of rotatable bonds is 6. The van der Waals surface area contributed by atoms with Gasteiger partial charge in [-0.15, -0.1) is 0 Å². The van der Waals surface area contributed by atoms with Crippen molar-refractivity contribution in [3.63, 3.8) is 0 Å². The van der Waals surface area contributed by atoms with Gasteiger partial charge in [0, 0.05) is 44.2 Å². The van der Waals surface area contributed by atoms with Gasteiger partial charge in [0.25, 0.3) is 0 Å². The van der Waals surface area contributed by atoms with Gasteiger partial charge >= 0.3 is 0 Å². The lowest BCUT2D eigenvalue weighted by atomic mass is 9.95. The highest BCUT2D eigenvalue weighted by Gasteiger charge is 2.18. The van der Waals surface area contributed by atoms with Crippen LogP contribution < -0.4 is 0 Å². The van der Waals surface area contributed by atoms with Crippen molar-refractivity contribution in [3.05, 3.63) is 218 Å². The van der Waals surface area contributed by atoms with Crippen LogP contribution in [0.2, 0.25) is 0 Å². The van der Waals surface area contributed by atoms with E-state index in [1.165, 1.54) is 43.6 Å². The van der Waals surface area contributed by atoms with Gasteiger partial charge < -0.3 is 9.13 Å². The molecular weight excluding hydrogens is 717 g/mol. The smallest absolute Gasteiger partial charge is 0.145 e. The molecule has 59 heavy (non-hydrogen) atoms. The standard InChI is InChI=1S/C55H36N4/c1-2-14-42(15-3-1)59-54-25-13-8-20-49(54)56-55(59)41-35-39(37-26-30-43(31-27-37)57-50-21-9-4-16-45(50)46-17-5-10-22-51(46)57)34-40(36-41)38-28-32-44(33-29-38)58-52-23-11-6-18-47(52)48-19-7-12-24-53(48)58/h1-36H. The van der Waals surface area contributed by atoms with Gasteiger partial charge in [-0.1, -0.05) is 127 Å². The highest BCUT2D eigenvalue weighted by molar-refractivity contribution is 6.10. The van der Waals surface area contributed by atoms with Crippen molar-refractivity contribution >= 4 is 54.6 Å². The monoisotopic (exact) mass is 752 g/mol. The molecule has 12 aromatic rings. The molecule has 276 valence electrons. The zero-order valence-corrected chi connectivity index (χ0v) is 32.1. The summed E-state index contributed by atoms with van der Waals surface area (Å²) in [6.45, 7) is 0. The summed E-state index contributed by atoms with van der Waals surface area (Å²) >= 11 is 0. The molecule has 0 spiro atoms.